The highest BCUT2D eigenvalue weighted by atomic mass is 35.5. The number of hydrogen-bond acceptors (Lipinski definition) is 18. The number of primary amides is 2. The number of nitrogens with two attached hydrogens (primary N) is 3. The average molecular weight is 1680 g/mol. The van der Waals surface area contributed by atoms with Crippen LogP contribution in [0.5, 0.6) is 0 Å². The predicted molar refractivity (Wildman–Crippen MR) is 446 cm³/mol. The number of fused-ring (bicyclic) bond motifs is 1. The number of benzene rings is 6. The summed E-state index contributed by atoms with van der Waals surface area (Å²) in [5, 5.41) is 67.0. The molecule has 0 spiro atoms. The first-order valence-corrected chi connectivity index (χ1v) is 40.4. The Labute approximate surface area is 700 Å². The molecule has 0 unspecified atom stereocenters. The number of urea groups is 1. The Morgan fingerprint density at radius 3 is 1.44 bits per heavy atom. The maximum absolute atomic E-state index is 15.6. The van der Waals surface area contributed by atoms with E-state index in [1.165, 1.54) is 11.8 Å². The molecule has 35 heteroatoms. The van der Waals surface area contributed by atoms with Crippen LogP contribution in [0.25, 0.3) is 10.8 Å². The topological polar surface area (TPSA) is 524 Å². The van der Waals surface area contributed by atoms with Gasteiger partial charge in [-0.3, -0.25) is 72.7 Å². The van der Waals surface area contributed by atoms with Crippen LogP contribution in [0.2, 0.25) is 5.02 Å². The highest BCUT2D eigenvalue weighted by Gasteiger charge is 2.41. The highest BCUT2D eigenvalue weighted by Crippen LogP contribution is 2.23. The molecule has 20 N–H and O–H groups in total. The van der Waals surface area contributed by atoms with E-state index in [-0.39, 0.29) is 115 Å². The van der Waals surface area contributed by atoms with Gasteiger partial charge in [0.15, 0.2) is 5.96 Å². The van der Waals surface area contributed by atoms with Crippen LogP contribution in [0.1, 0.15) is 105 Å². The van der Waals surface area contributed by atoms with E-state index in [2.05, 4.69) is 58.1 Å². The number of carbonyl (C=O) groups excluding carboxylic acids is 11. The second kappa shape index (κ2) is 46.9. The van der Waals surface area contributed by atoms with Crippen molar-refractivity contribution in [1.82, 2.24) is 67.9 Å². The number of likely N-dealkylation sites (tertiary alicyclic amines) is 1. The lowest BCUT2D eigenvalue weighted by Gasteiger charge is -2.31. The fraction of sp³-hybridized carbons (Fsp3) is 0.435. The molecule has 120 heavy (non-hydrogen) atoms. The summed E-state index contributed by atoms with van der Waals surface area (Å²) in [6, 6.07) is 26.3. The standard InChI is InChI=1S/C85H110ClN17O17/c1-51(2)41-64(75(110)93-63(15-9-33-91-84(88)89)83(118)103-34-10-16-71(103)82(117)92-52(3)74(87)109)94-76(111)66(44-54-19-23-58(24-20-54)49-102-37-39-120-40-38-102)96-78(113)68(45-55-17-21-57(22-18-55)48-101(35-31-72(105)106)36-32-73(107)108)98-81(116)70(50-104)99-79(114)65(43-53-11-5-4-6-12-53)95-77(112)67(46-56-26-29-62(86)30-27-56)97-80(115)69(100-85(90)119)47-59-25-28-60-13-7-8-14-61(60)42-59/h4-8,11-14,17-30,42,51-52,63-71,104H,9-10,15-16,31-41,43-50H2,1-3H3,(H2,87,109)(H,92,117)(H,93,110)(H,94,111)(H,95,112)(H,96,113)(H,97,115)(H,98,116)(H,99,114)(H,105,106)(H,107,108)(H4,88,89,91)(H3,90,100,119)/t52-,63+,64+,65-,66-,67-,68+,69-,70+,71+/m1/s1. The van der Waals surface area contributed by atoms with E-state index >= 15 is 24.0 Å². The summed E-state index contributed by atoms with van der Waals surface area (Å²) in [7, 11) is 0. The molecule has 34 nitrogen and oxygen atoms in total. The van der Waals surface area contributed by atoms with Crippen LogP contribution in [0.15, 0.2) is 146 Å². The Hall–Kier alpha value is -12.1. The molecule has 0 aromatic heterocycles. The SMILES string of the molecule is CC(C)C[C@H](NC(=O)[C@@H](Cc1ccc(CN2CCOCC2)cc1)NC(=O)[C@H](Cc1ccc(CN(CCC(=O)O)CCC(=O)O)cc1)NC(=O)[C@H](CO)NC(=O)[C@@H](Cc1ccccc1)NC(=O)[C@@H](Cc1ccc(Cl)cc1)NC(=O)[C@@H](Cc1ccc2ccccc2c1)NC(N)=O)C(=O)N[C@@H](CCCNC(=N)N)C(=O)N1CCC[C@H]1C(=O)N[C@H](C)C(N)=O. The maximum atomic E-state index is 15.6. The Balaban J connectivity index is 1.11. The number of carboxylic acids is 2. The zero-order valence-electron chi connectivity index (χ0n) is 67.5. The summed E-state index contributed by atoms with van der Waals surface area (Å²) in [5.41, 5.74) is 20.8. The van der Waals surface area contributed by atoms with Crippen LogP contribution in [-0.2, 0) is 107 Å². The smallest absolute Gasteiger partial charge is 0.312 e. The third-order valence-corrected chi connectivity index (χ3v) is 20.8. The van der Waals surface area contributed by atoms with Gasteiger partial charge in [0.05, 0.1) is 32.7 Å². The quantitative estimate of drug-likeness (QED) is 0.0145. The Kier molecular flexibility index (Phi) is 36.5. The van der Waals surface area contributed by atoms with E-state index in [0.29, 0.717) is 77.7 Å². The fourth-order valence-electron chi connectivity index (χ4n) is 14.1. The molecule has 2 aliphatic rings. The molecule has 2 aliphatic heterocycles. The summed E-state index contributed by atoms with van der Waals surface area (Å²) < 4.78 is 5.56. The third-order valence-electron chi connectivity index (χ3n) is 20.6. The number of carboxylic acid groups (broad SMARTS) is 2. The lowest BCUT2D eigenvalue weighted by atomic mass is 9.99. The number of rotatable bonds is 46. The van der Waals surface area contributed by atoms with Crippen LogP contribution < -0.4 is 70.4 Å². The minimum absolute atomic E-state index is 0.00857. The Bertz CT molecular complexity index is 4500. The van der Waals surface area contributed by atoms with Gasteiger partial charge in [-0.1, -0.05) is 159 Å². The molecule has 2 fully saturated rings. The summed E-state index contributed by atoms with van der Waals surface area (Å²) in [4.78, 5) is 187. The van der Waals surface area contributed by atoms with E-state index in [1.807, 2.05) is 48.5 Å². The number of aliphatic hydroxyl groups is 1. The van der Waals surface area contributed by atoms with E-state index in [1.54, 1.807) is 116 Å². The maximum Gasteiger partial charge on any atom is 0.312 e. The number of nitrogens with one attached hydrogen (secondary N) is 11. The first-order valence-electron chi connectivity index (χ1n) is 40.0. The molecular formula is C85H110ClN17O17. The zero-order chi connectivity index (χ0) is 87.0. The van der Waals surface area contributed by atoms with E-state index in [4.69, 9.17) is 38.9 Å². The van der Waals surface area contributed by atoms with Gasteiger partial charge >= 0.3 is 18.0 Å². The molecule has 6 aromatic rings. The van der Waals surface area contributed by atoms with Gasteiger partial charge in [-0.15, -0.1) is 0 Å². The van der Waals surface area contributed by atoms with Crippen molar-refractivity contribution in [2.75, 3.05) is 59.1 Å². The number of hydrogen-bond donors (Lipinski definition) is 17. The van der Waals surface area contributed by atoms with Crippen molar-refractivity contribution >= 4 is 105 Å². The first-order chi connectivity index (χ1) is 57.4. The molecule has 644 valence electrons. The van der Waals surface area contributed by atoms with Gasteiger partial charge in [-0.2, -0.15) is 0 Å². The van der Waals surface area contributed by atoms with Crippen molar-refractivity contribution in [3.05, 3.63) is 190 Å². The van der Waals surface area contributed by atoms with E-state index < -0.39 is 144 Å². The predicted octanol–water partition coefficient (Wildman–Crippen LogP) is 1.30. The Morgan fingerprint density at radius 2 is 0.942 bits per heavy atom. The number of carbonyl (C=O) groups is 13. The van der Waals surface area contributed by atoms with E-state index in [0.717, 1.165) is 16.3 Å². The van der Waals surface area contributed by atoms with Crippen molar-refractivity contribution in [3.63, 3.8) is 0 Å². The molecule has 0 radical (unpaired) electrons. The van der Waals surface area contributed by atoms with Crippen molar-refractivity contribution in [1.29, 1.82) is 5.41 Å². The van der Waals surface area contributed by atoms with Crippen molar-refractivity contribution in [3.8, 4) is 0 Å². The molecule has 0 aliphatic carbocycles. The number of amides is 12. The molecule has 10 atom stereocenters. The number of morpholine rings is 1. The normalized spacial score (nSPS) is 15.7. The van der Waals surface area contributed by atoms with Gasteiger partial charge < -0.3 is 95.3 Å². The largest absolute Gasteiger partial charge is 0.481 e. The van der Waals surface area contributed by atoms with Gasteiger partial charge in [0.25, 0.3) is 0 Å². The molecule has 6 aromatic carbocycles. The summed E-state index contributed by atoms with van der Waals surface area (Å²) in [6.07, 6.45) is -0.929. The number of aliphatic hydroxyl groups excluding tert-OH is 1. The number of guanidine groups is 1. The average Bonchev–Trinajstić information content (AvgIpc) is 1.04. The summed E-state index contributed by atoms with van der Waals surface area (Å²) in [5.74, 6) is -11.5. The van der Waals surface area contributed by atoms with Gasteiger partial charge in [-0.25, -0.2) is 4.79 Å². The molecule has 12 amide bonds. The summed E-state index contributed by atoms with van der Waals surface area (Å²) >= 11 is 6.28. The van der Waals surface area contributed by atoms with Gasteiger partial charge in [-0.05, 0) is 107 Å². The molecule has 0 bridgehead atoms. The van der Waals surface area contributed by atoms with Crippen LogP contribution in [0.4, 0.5) is 4.79 Å². The molecule has 8 rings (SSSR count). The Morgan fingerprint density at radius 1 is 0.508 bits per heavy atom. The van der Waals surface area contributed by atoms with Gasteiger partial charge in [0.1, 0.15) is 60.4 Å². The van der Waals surface area contributed by atoms with Crippen molar-refractivity contribution in [2.24, 2.45) is 23.1 Å². The molecule has 2 saturated heterocycles. The van der Waals surface area contributed by atoms with Crippen molar-refractivity contribution < 1.29 is 82.4 Å². The van der Waals surface area contributed by atoms with Crippen LogP contribution in [0.3, 0.4) is 0 Å². The third kappa shape index (κ3) is 30.7. The molecule has 0 saturated carbocycles. The lowest BCUT2D eigenvalue weighted by Crippen LogP contribution is -2.62. The first kappa shape index (κ1) is 93.4. The second-order valence-corrected chi connectivity index (χ2v) is 30.9. The van der Waals surface area contributed by atoms with Crippen LogP contribution in [-0.4, -0.2) is 233 Å². The minimum Gasteiger partial charge on any atom is -0.481 e. The number of nitrogens with zero attached hydrogens (tertiary/aromatic N) is 3. The highest BCUT2D eigenvalue weighted by molar-refractivity contribution is 6.30. The molecular weight excluding hydrogens is 1570 g/mol. The summed E-state index contributed by atoms with van der Waals surface area (Å²) in [6.45, 7) is 7.25. The molecule has 2 heterocycles. The lowest BCUT2D eigenvalue weighted by molar-refractivity contribution is -0.142. The number of halogens is 1. The number of ether oxygens (including phenoxy) is 1. The fourth-order valence-corrected chi connectivity index (χ4v) is 14.2. The van der Waals surface area contributed by atoms with E-state index in [9.17, 15) is 53.7 Å². The zero-order valence-corrected chi connectivity index (χ0v) is 68.2. The number of aliphatic carboxylic acids is 2. The monoisotopic (exact) mass is 1680 g/mol. The van der Waals surface area contributed by atoms with Crippen LogP contribution >= 0.6 is 11.6 Å². The second-order valence-electron chi connectivity index (χ2n) is 30.5. The minimum atomic E-state index is -1.89. The van der Waals surface area contributed by atoms with Crippen LogP contribution in [0, 0.1) is 11.3 Å². The van der Waals surface area contributed by atoms with Crippen molar-refractivity contribution in [2.45, 2.75) is 171 Å². The van der Waals surface area contributed by atoms with Gasteiger partial charge in [0, 0.05) is 89.5 Å². The van der Waals surface area contributed by atoms with Gasteiger partial charge in [0.2, 0.25) is 59.1 Å².